The lowest BCUT2D eigenvalue weighted by molar-refractivity contribution is 0.543. The van der Waals surface area contributed by atoms with Crippen molar-refractivity contribution in [2.45, 2.75) is 46.1 Å². The van der Waals surface area contributed by atoms with Crippen LogP contribution in [0.3, 0.4) is 0 Å². The largest absolute Gasteiger partial charge is 0.335 e. The van der Waals surface area contributed by atoms with E-state index >= 15 is 0 Å². The van der Waals surface area contributed by atoms with Gasteiger partial charge in [0.2, 0.25) is 0 Å². The predicted molar refractivity (Wildman–Crippen MR) is 87.3 cm³/mol. The second-order valence-electron chi connectivity index (χ2n) is 6.48. The fraction of sp³-hybridized carbons (Fsp3) is 0.562. The number of hydrogen-bond acceptors (Lipinski definition) is 3. The summed E-state index contributed by atoms with van der Waals surface area (Å²) >= 11 is 1.83. The van der Waals surface area contributed by atoms with Crippen LogP contribution in [0.2, 0.25) is 0 Å². The molecule has 1 heterocycles. The highest BCUT2D eigenvalue weighted by Gasteiger charge is 2.23. The molecule has 0 bridgehead atoms. The molecule has 0 amide bonds. The van der Waals surface area contributed by atoms with Crippen LogP contribution in [-0.4, -0.2) is 17.0 Å². The van der Waals surface area contributed by atoms with E-state index in [0.29, 0.717) is 12.0 Å². The molecule has 1 aliphatic rings. The van der Waals surface area contributed by atoms with Gasteiger partial charge in [-0.1, -0.05) is 64.6 Å². The first kappa shape index (κ1) is 14.4. The Morgan fingerprint density at radius 3 is 2.53 bits per heavy atom. The fourth-order valence-corrected chi connectivity index (χ4v) is 3.34. The van der Waals surface area contributed by atoms with Crippen LogP contribution in [-0.2, 0) is 5.41 Å². The van der Waals surface area contributed by atoms with Crippen molar-refractivity contribution < 1.29 is 0 Å². The standard InChI is InChI=1S/C16H24N2S/c1-11(2)14-10-19-15(18-14)17-13-9-7-6-8-12(13)16(3,4)5/h6-9,11,14H,10H2,1-5H3,(H,17,18). The highest BCUT2D eigenvalue weighted by Crippen LogP contribution is 2.31. The van der Waals surface area contributed by atoms with Crippen molar-refractivity contribution in [2.75, 3.05) is 11.1 Å². The molecule has 1 N–H and O–H groups in total. The minimum absolute atomic E-state index is 0.144. The van der Waals surface area contributed by atoms with Crippen LogP contribution >= 0.6 is 11.8 Å². The molecular formula is C16H24N2S. The summed E-state index contributed by atoms with van der Waals surface area (Å²) in [5.41, 5.74) is 2.67. The third-order valence-corrected chi connectivity index (χ3v) is 4.41. The Labute approximate surface area is 121 Å². The van der Waals surface area contributed by atoms with Gasteiger partial charge in [0.25, 0.3) is 0 Å². The van der Waals surface area contributed by atoms with Gasteiger partial charge < -0.3 is 5.32 Å². The molecule has 0 radical (unpaired) electrons. The molecule has 2 nitrogen and oxygen atoms in total. The van der Waals surface area contributed by atoms with Crippen molar-refractivity contribution in [3.8, 4) is 0 Å². The summed E-state index contributed by atoms with van der Waals surface area (Å²) in [4.78, 5) is 4.77. The number of para-hydroxylation sites is 1. The first-order valence-electron chi connectivity index (χ1n) is 6.95. The third-order valence-electron chi connectivity index (χ3n) is 3.42. The fourth-order valence-electron chi connectivity index (χ4n) is 2.16. The third kappa shape index (κ3) is 3.53. The van der Waals surface area contributed by atoms with Gasteiger partial charge >= 0.3 is 0 Å². The van der Waals surface area contributed by atoms with Crippen LogP contribution in [0, 0.1) is 5.92 Å². The number of benzene rings is 1. The molecule has 0 saturated heterocycles. The summed E-state index contributed by atoms with van der Waals surface area (Å²) in [7, 11) is 0. The van der Waals surface area contributed by atoms with Crippen LogP contribution in [0.5, 0.6) is 0 Å². The molecule has 1 aromatic rings. The van der Waals surface area contributed by atoms with Gasteiger partial charge in [0.1, 0.15) is 0 Å². The Balaban J connectivity index is 2.19. The smallest absolute Gasteiger partial charge is 0.161 e. The van der Waals surface area contributed by atoms with Crippen molar-refractivity contribution in [3.05, 3.63) is 29.8 Å². The van der Waals surface area contributed by atoms with Crippen molar-refractivity contribution in [1.82, 2.24) is 0 Å². The lowest BCUT2D eigenvalue weighted by Crippen LogP contribution is -2.16. The Kier molecular flexibility index (Phi) is 4.24. The van der Waals surface area contributed by atoms with Gasteiger partial charge in [-0.25, -0.2) is 0 Å². The number of anilines is 1. The maximum absolute atomic E-state index is 4.77. The lowest BCUT2D eigenvalue weighted by Gasteiger charge is -2.23. The Hall–Kier alpha value is -0.960. The second-order valence-corrected chi connectivity index (χ2v) is 7.49. The van der Waals surface area contributed by atoms with Gasteiger partial charge in [-0.2, -0.15) is 0 Å². The number of nitrogens with zero attached hydrogens (tertiary/aromatic N) is 1. The van der Waals surface area contributed by atoms with E-state index in [2.05, 4.69) is 64.2 Å². The highest BCUT2D eigenvalue weighted by molar-refractivity contribution is 8.14. The van der Waals surface area contributed by atoms with E-state index < -0.39 is 0 Å². The molecular weight excluding hydrogens is 252 g/mol. The van der Waals surface area contributed by atoms with E-state index in [4.69, 9.17) is 4.99 Å². The van der Waals surface area contributed by atoms with Crippen LogP contribution < -0.4 is 5.32 Å². The van der Waals surface area contributed by atoms with E-state index in [1.54, 1.807) is 0 Å². The average Bonchev–Trinajstić information content (AvgIpc) is 2.77. The maximum Gasteiger partial charge on any atom is 0.161 e. The summed E-state index contributed by atoms with van der Waals surface area (Å²) in [6, 6.07) is 8.98. The molecule has 1 aromatic carbocycles. The maximum atomic E-state index is 4.77. The molecule has 1 unspecified atom stereocenters. The molecule has 2 rings (SSSR count). The zero-order valence-corrected chi connectivity index (χ0v) is 13.3. The SMILES string of the molecule is CC(C)C1CSC(Nc2ccccc2C(C)(C)C)=N1. The number of aliphatic imine (C=N–C) groups is 1. The topological polar surface area (TPSA) is 24.4 Å². The average molecular weight is 276 g/mol. The van der Waals surface area contributed by atoms with E-state index in [1.807, 2.05) is 11.8 Å². The minimum Gasteiger partial charge on any atom is -0.335 e. The molecule has 0 aromatic heterocycles. The molecule has 3 heteroatoms. The van der Waals surface area contributed by atoms with Crippen molar-refractivity contribution in [3.63, 3.8) is 0 Å². The predicted octanol–water partition coefficient (Wildman–Crippen LogP) is 4.52. The van der Waals surface area contributed by atoms with E-state index in [0.717, 1.165) is 10.9 Å². The monoisotopic (exact) mass is 276 g/mol. The normalized spacial score (nSPS) is 19.7. The first-order valence-corrected chi connectivity index (χ1v) is 7.93. The van der Waals surface area contributed by atoms with Crippen LogP contribution in [0.4, 0.5) is 5.69 Å². The summed E-state index contributed by atoms with van der Waals surface area (Å²) in [5, 5.41) is 4.58. The summed E-state index contributed by atoms with van der Waals surface area (Å²) < 4.78 is 0. The van der Waals surface area contributed by atoms with E-state index in [1.165, 1.54) is 11.3 Å². The Morgan fingerprint density at radius 2 is 1.95 bits per heavy atom. The second kappa shape index (κ2) is 5.58. The van der Waals surface area contributed by atoms with Crippen LogP contribution in [0.25, 0.3) is 0 Å². The number of thioether (sulfide) groups is 1. The Morgan fingerprint density at radius 1 is 1.26 bits per heavy atom. The quantitative estimate of drug-likeness (QED) is 0.858. The van der Waals surface area contributed by atoms with Gasteiger partial charge in [-0.3, -0.25) is 4.99 Å². The molecule has 19 heavy (non-hydrogen) atoms. The summed E-state index contributed by atoms with van der Waals surface area (Å²) in [6.45, 7) is 11.2. The summed E-state index contributed by atoms with van der Waals surface area (Å²) in [5.74, 6) is 1.71. The molecule has 1 atom stereocenters. The van der Waals surface area contributed by atoms with E-state index in [-0.39, 0.29) is 5.41 Å². The van der Waals surface area contributed by atoms with Crippen molar-refractivity contribution in [2.24, 2.45) is 10.9 Å². The van der Waals surface area contributed by atoms with Crippen molar-refractivity contribution >= 4 is 22.6 Å². The van der Waals surface area contributed by atoms with Gasteiger partial charge in [-0.15, -0.1) is 0 Å². The van der Waals surface area contributed by atoms with Gasteiger partial charge in [0.15, 0.2) is 5.17 Å². The van der Waals surface area contributed by atoms with Crippen LogP contribution in [0.1, 0.15) is 40.2 Å². The van der Waals surface area contributed by atoms with Gasteiger partial charge in [0, 0.05) is 11.4 Å². The molecule has 1 aliphatic heterocycles. The van der Waals surface area contributed by atoms with Crippen LogP contribution in [0.15, 0.2) is 29.3 Å². The first-order chi connectivity index (χ1) is 8.88. The zero-order valence-electron chi connectivity index (χ0n) is 12.5. The zero-order chi connectivity index (χ0) is 14.0. The molecule has 0 spiro atoms. The summed E-state index contributed by atoms with van der Waals surface area (Å²) in [6.07, 6.45) is 0. The van der Waals surface area contributed by atoms with Gasteiger partial charge in [-0.05, 0) is 23.0 Å². The van der Waals surface area contributed by atoms with Gasteiger partial charge in [0.05, 0.1) is 6.04 Å². The van der Waals surface area contributed by atoms with E-state index in [9.17, 15) is 0 Å². The molecule has 0 saturated carbocycles. The highest BCUT2D eigenvalue weighted by atomic mass is 32.2. The molecule has 104 valence electrons. The molecule has 0 fully saturated rings. The lowest BCUT2D eigenvalue weighted by atomic mass is 9.86. The number of rotatable bonds is 2. The Bertz CT molecular complexity index is 472. The number of hydrogen-bond donors (Lipinski definition) is 1. The number of amidine groups is 1. The van der Waals surface area contributed by atoms with Crippen molar-refractivity contribution in [1.29, 1.82) is 0 Å². The number of nitrogens with one attached hydrogen (secondary N) is 1. The molecule has 0 aliphatic carbocycles. The minimum atomic E-state index is 0.144.